The first kappa shape index (κ1) is 17.0. The highest BCUT2D eigenvalue weighted by Crippen LogP contribution is 2.27. The van der Waals surface area contributed by atoms with E-state index in [1.807, 2.05) is 53.4 Å². The Morgan fingerprint density at radius 3 is 2.62 bits per heavy atom. The molecule has 4 nitrogen and oxygen atoms in total. The van der Waals surface area contributed by atoms with Gasteiger partial charge in [-0.15, -0.1) is 0 Å². The molecule has 2 aromatic carbocycles. The Balaban J connectivity index is 1.69. The third-order valence-electron chi connectivity index (χ3n) is 4.39. The summed E-state index contributed by atoms with van der Waals surface area (Å²) in [5.41, 5.74) is 6.42. The van der Waals surface area contributed by atoms with E-state index in [0.29, 0.717) is 23.8 Å². The summed E-state index contributed by atoms with van der Waals surface area (Å²) in [5, 5.41) is 0. The summed E-state index contributed by atoms with van der Waals surface area (Å²) in [6.07, 6.45) is 0.978. The topological polar surface area (TPSA) is 55.6 Å². The van der Waals surface area contributed by atoms with Crippen LogP contribution in [-0.2, 0) is 0 Å². The molecular formula is C19H21BrN2O2. The standard InChI is InChI=1S/C19H21BrN2O2/c1-13-9-14(11-21)12-22(13)19(23)15-5-7-17(8-6-15)24-18-4-2-3-16(20)10-18/h2-8,10,13-14H,9,11-12,21H2,1H3. The van der Waals surface area contributed by atoms with Gasteiger partial charge in [0.25, 0.3) is 5.91 Å². The number of nitrogens with zero attached hydrogens (tertiary/aromatic N) is 1. The van der Waals surface area contributed by atoms with Gasteiger partial charge >= 0.3 is 0 Å². The number of nitrogens with two attached hydrogens (primary N) is 1. The van der Waals surface area contributed by atoms with Crippen LogP contribution in [-0.4, -0.2) is 29.9 Å². The zero-order valence-corrected chi connectivity index (χ0v) is 15.2. The summed E-state index contributed by atoms with van der Waals surface area (Å²) in [4.78, 5) is 14.6. The highest BCUT2D eigenvalue weighted by atomic mass is 79.9. The highest BCUT2D eigenvalue weighted by molar-refractivity contribution is 9.10. The number of carbonyl (C=O) groups excluding carboxylic acids is 1. The number of carbonyl (C=O) groups is 1. The minimum absolute atomic E-state index is 0.0625. The predicted octanol–water partition coefficient (Wildman–Crippen LogP) is 4.05. The fourth-order valence-electron chi connectivity index (χ4n) is 3.09. The molecule has 0 spiro atoms. The fraction of sp³-hybridized carbons (Fsp3) is 0.316. The molecule has 1 aliphatic rings. The smallest absolute Gasteiger partial charge is 0.254 e. The Hall–Kier alpha value is -1.85. The molecular weight excluding hydrogens is 368 g/mol. The highest BCUT2D eigenvalue weighted by Gasteiger charge is 2.31. The van der Waals surface area contributed by atoms with Crippen molar-refractivity contribution in [1.82, 2.24) is 4.90 Å². The number of likely N-dealkylation sites (tertiary alicyclic amines) is 1. The van der Waals surface area contributed by atoms with Gasteiger partial charge in [-0.3, -0.25) is 4.79 Å². The molecule has 2 N–H and O–H groups in total. The van der Waals surface area contributed by atoms with Crippen molar-refractivity contribution >= 4 is 21.8 Å². The minimum atomic E-state index is 0.0625. The zero-order chi connectivity index (χ0) is 17.1. The normalized spacial score (nSPS) is 20.2. The molecule has 0 aliphatic carbocycles. The Morgan fingerprint density at radius 2 is 2.00 bits per heavy atom. The maximum Gasteiger partial charge on any atom is 0.254 e. The first-order valence-corrected chi connectivity index (χ1v) is 8.90. The molecule has 24 heavy (non-hydrogen) atoms. The van der Waals surface area contributed by atoms with Crippen LogP contribution in [0.4, 0.5) is 0 Å². The van der Waals surface area contributed by atoms with Crippen LogP contribution in [0.5, 0.6) is 11.5 Å². The van der Waals surface area contributed by atoms with Crippen molar-refractivity contribution in [2.24, 2.45) is 11.7 Å². The number of hydrogen-bond donors (Lipinski definition) is 1. The van der Waals surface area contributed by atoms with Crippen molar-refractivity contribution in [2.75, 3.05) is 13.1 Å². The monoisotopic (exact) mass is 388 g/mol. The second-order valence-corrected chi connectivity index (χ2v) is 7.14. The molecule has 1 saturated heterocycles. The molecule has 0 saturated carbocycles. The maximum atomic E-state index is 12.7. The van der Waals surface area contributed by atoms with Crippen LogP contribution in [0.25, 0.3) is 0 Å². The summed E-state index contributed by atoms with van der Waals surface area (Å²) in [7, 11) is 0. The molecule has 0 aromatic heterocycles. The number of amides is 1. The van der Waals surface area contributed by atoms with E-state index in [2.05, 4.69) is 22.9 Å². The quantitative estimate of drug-likeness (QED) is 0.859. The summed E-state index contributed by atoms with van der Waals surface area (Å²) in [6, 6.07) is 15.2. The van der Waals surface area contributed by atoms with Crippen LogP contribution in [0.15, 0.2) is 53.0 Å². The first-order chi connectivity index (χ1) is 11.6. The number of benzene rings is 2. The summed E-state index contributed by atoms with van der Waals surface area (Å²) < 4.78 is 6.77. The van der Waals surface area contributed by atoms with Crippen molar-refractivity contribution in [2.45, 2.75) is 19.4 Å². The fourth-order valence-corrected chi connectivity index (χ4v) is 3.47. The van der Waals surface area contributed by atoms with Gasteiger partial charge in [0.2, 0.25) is 0 Å². The molecule has 2 atom stereocenters. The largest absolute Gasteiger partial charge is 0.457 e. The average Bonchev–Trinajstić information content (AvgIpc) is 2.96. The average molecular weight is 389 g/mol. The maximum absolute atomic E-state index is 12.7. The van der Waals surface area contributed by atoms with Gasteiger partial charge in [0.05, 0.1) is 0 Å². The minimum Gasteiger partial charge on any atom is -0.457 e. The Morgan fingerprint density at radius 1 is 1.25 bits per heavy atom. The van der Waals surface area contributed by atoms with Gasteiger partial charge < -0.3 is 15.4 Å². The molecule has 3 rings (SSSR count). The Kier molecular flexibility index (Phi) is 5.21. The van der Waals surface area contributed by atoms with Crippen molar-refractivity contribution in [3.8, 4) is 11.5 Å². The molecule has 1 aliphatic heterocycles. The summed E-state index contributed by atoms with van der Waals surface area (Å²) in [5.74, 6) is 1.93. The van der Waals surface area contributed by atoms with E-state index < -0.39 is 0 Å². The number of ether oxygens (including phenoxy) is 1. The van der Waals surface area contributed by atoms with Gasteiger partial charge in [0.1, 0.15) is 11.5 Å². The third kappa shape index (κ3) is 3.79. The van der Waals surface area contributed by atoms with Crippen molar-refractivity contribution < 1.29 is 9.53 Å². The van der Waals surface area contributed by atoms with Crippen LogP contribution in [0, 0.1) is 5.92 Å². The van der Waals surface area contributed by atoms with Gasteiger partial charge in [0.15, 0.2) is 0 Å². The third-order valence-corrected chi connectivity index (χ3v) is 4.88. The molecule has 1 fully saturated rings. The Bertz CT molecular complexity index is 718. The lowest BCUT2D eigenvalue weighted by molar-refractivity contribution is 0.0743. The van der Waals surface area contributed by atoms with Crippen molar-refractivity contribution in [1.29, 1.82) is 0 Å². The van der Waals surface area contributed by atoms with E-state index in [1.54, 1.807) is 0 Å². The molecule has 5 heteroatoms. The molecule has 0 bridgehead atoms. The summed E-state index contributed by atoms with van der Waals surface area (Å²) >= 11 is 3.42. The lowest BCUT2D eigenvalue weighted by Gasteiger charge is -2.21. The molecule has 0 radical (unpaired) electrons. The SMILES string of the molecule is CC1CC(CN)CN1C(=O)c1ccc(Oc2cccc(Br)c2)cc1. The van der Waals surface area contributed by atoms with Gasteiger partial charge in [0, 0.05) is 22.6 Å². The van der Waals surface area contributed by atoms with Crippen LogP contribution in [0.3, 0.4) is 0 Å². The first-order valence-electron chi connectivity index (χ1n) is 8.11. The lowest BCUT2D eigenvalue weighted by atomic mass is 10.1. The predicted molar refractivity (Wildman–Crippen MR) is 98.3 cm³/mol. The van der Waals surface area contributed by atoms with Gasteiger partial charge in [-0.25, -0.2) is 0 Å². The van der Waals surface area contributed by atoms with Crippen LogP contribution in [0.2, 0.25) is 0 Å². The van der Waals surface area contributed by atoms with Crippen LogP contribution in [0.1, 0.15) is 23.7 Å². The van der Waals surface area contributed by atoms with Crippen LogP contribution >= 0.6 is 15.9 Å². The number of hydrogen-bond acceptors (Lipinski definition) is 3. The molecule has 2 aromatic rings. The molecule has 1 amide bonds. The number of halogens is 1. The van der Waals surface area contributed by atoms with E-state index in [1.165, 1.54) is 0 Å². The van der Waals surface area contributed by atoms with E-state index in [4.69, 9.17) is 10.5 Å². The van der Waals surface area contributed by atoms with Crippen molar-refractivity contribution in [3.63, 3.8) is 0 Å². The van der Waals surface area contributed by atoms with E-state index in [0.717, 1.165) is 23.2 Å². The second-order valence-electron chi connectivity index (χ2n) is 6.23. The van der Waals surface area contributed by atoms with E-state index in [9.17, 15) is 4.79 Å². The summed E-state index contributed by atoms with van der Waals surface area (Å²) in [6.45, 7) is 3.46. The van der Waals surface area contributed by atoms with Crippen LogP contribution < -0.4 is 10.5 Å². The number of rotatable bonds is 4. The zero-order valence-electron chi connectivity index (χ0n) is 13.6. The molecule has 1 heterocycles. The lowest BCUT2D eigenvalue weighted by Crippen LogP contribution is -2.34. The van der Waals surface area contributed by atoms with Gasteiger partial charge in [-0.2, -0.15) is 0 Å². The van der Waals surface area contributed by atoms with Crippen molar-refractivity contribution in [3.05, 3.63) is 58.6 Å². The molecule has 126 valence electrons. The van der Waals surface area contributed by atoms with Gasteiger partial charge in [-0.05, 0) is 68.3 Å². The van der Waals surface area contributed by atoms with E-state index in [-0.39, 0.29) is 11.9 Å². The van der Waals surface area contributed by atoms with Gasteiger partial charge in [-0.1, -0.05) is 22.0 Å². The second kappa shape index (κ2) is 7.36. The van der Waals surface area contributed by atoms with E-state index >= 15 is 0 Å². The molecule has 2 unspecified atom stereocenters. The Labute approximate surface area is 150 Å².